The van der Waals surface area contributed by atoms with Crippen LogP contribution in [0, 0.1) is 0 Å². The van der Waals surface area contributed by atoms with E-state index in [0.717, 1.165) is 29.8 Å². The second kappa shape index (κ2) is 11.2. The molecule has 0 atom stereocenters. The number of hydrogen-bond donors (Lipinski definition) is 3. The maximum Gasteiger partial charge on any atom is 0.463 e. The molecule has 38 heavy (non-hydrogen) atoms. The SMILES string of the molecule is CC(F)(F)C(F)(F)Oc1ccc(C(=O)Oc2ccc(C=C(CCc3ccc(N)cc3N)C(=O)O)cc2)cc1. The molecule has 0 aliphatic rings. The molecule has 0 spiro atoms. The number of esters is 1. The van der Waals surface area contributed by atoms with Crippen LogP contribution in [0.4, 0.5) is 28.9 Å². The van der Waals surface area contributed by atoms with E-state index >= 15 is 0 Å². The highest BCUT2D eigenvalue weighted by Crippen LogP contribution is 2.35. The number of rotatable bonds is 10. The average molecular weight is 532 g/mol. The maximum atomic E-state index is 13.4. The molecule has 0 heterocycles. The van der Waals surface area contributed by atoms with Crippen molar-refractivity contribution in [2.24, 2.45) is 0 Å². The Morgan fingerprint density at radius 3 is 2.08 bits per heavy atom. The third kappa shape index (κ3) is 7.25. The second-order valence-electron chi connectivity index (χ2n) is 8.42. The predicted molar refractivity (Wildman–Crippen MR) is 133 cm³/mol. The Morgan fingerprint density at radius 2 is 1.53 bits per heavy atom. The molecule has 0 aromatic heterocycles. The summed E-state index contributed by atoms with van der Waals surface area (Å²) in [5, 5.41) is 9.57. The van der Waals surface area contributed by atoms with Gasteiger partial charge in [-0.25, -0.2) is 9.59 Å². The Morgan fingerprint density at radius 1 is 0.921 bits per heavy atom. The minimum Gasteiger partial charge on any atom is -0.478 e. The van der Waals surface area contributed by atoms with Crippen LogP contribution in [0.1, 0.15) is 34.8 Å². The van der Waals surface area contributed by atoms with Gasteiger partial charge in [0.25, 0.3) is 0 Å². The lowest BCUT2D eigenvalue weighted by atomic mass is 10.0. The number of carbonyl (C=O) groups excluding carboxylic acids is 1. The number of carboxylic acids is 1. The van der Waals surface area contributed by atoms with Crippen molar-refractivity contribution in [2.45, 2.75) is 31.8 Å². The van der Waals surface area contributed by atoms with Gasteiger partial charge in [0.1, 0.15) is 11.5 Å². The molecule has 3 aromatic rings. The number of nitrogen functional groups attached to an aromatic ring is 2. The summed E-state index contributed by atoms with van der Waals surface area (Å²) < 4.78 is 61.8. The lowest BCUT2D eigenvalue weighted by Gasteiger charge is -2.23. The molecule has 11 heteroatoms. The number of aryl methyl sites for hydroxylation is 1. The predicted octanol–water partition coefficient (Wildman–Crippen LogP) is 5.80. The quantitative estimate of drug-likeness (QED) is 0.0991. The fourth-order valence-electron chi connectivity index (χ4n) is 3.25. The molecule has 3 aromatic carbocycles. The molecule has 0 amide bonds. The lowest BCUT2D eigenvalue weighted by Crippen LogP contribution is -2.42. The molecule has 200 valence electrons. The molecule has 3 rings (SSSR count). The molecule has 0 bridgehead atoms. The summed E-state index contributed by atoms with van der Waals surface area (Å²) in [7, 11) is 0. The Balaban J connectivity index is 1.63. The Labute approximate surface area is 215 Å². The largest absolute Gasteiger partial charge is 0.478 e. The summed E-state index contributed by atoms with van der Waals surface area (Å²) >= 11 is 0. The van der Waals surface area contributed by atoms with Crippen molar-refractivity contribution >= 4 is 29.4 Å². The maximum absolute atomic E-state index is 13.4. The van der Waals surface area contributed by atoms with Crippen LogP contribution in [0.3, 0.4) is 0 Å². The fourth-order valence-corrected chi connectivity index (χ4v) is 3.25. The first-order chi connectivity index (χ1) is 17.7. The number of halogens is 4. The molecular weight excluding hydrogens is 508 g/mol. The highest BCUT2D eigenvalue weighted by molar-refractivity contribution is 5.92. The van der Waals surface area contributed by atoms with Gasteiger partial charge in [0.05, 0.1) is 5.56 Å². The molecule has 0 fully saturated rings. The van der Waals surface area contributed by atoms with Crippen molar-refractivity contribution in [3.63, 3.8) is 0 Å². The minimum atomic E-state index is -4.73. The van der Waals surface area contributed by atoms with Gasteiger partial charge in [-0.1, -0.05) is 18.2 Å². The zero-order valence-electron chi connectivity index (χ0n) is 20.1. The van der Waals surface area contributed by atoms with Crippen LogP contribution in [0.15, 0.2) is 72.3 Å². The molecular formula is C27H24F4N2O5. The highest BCUT2D eigenvalue weighted by Gasteiger charge is 2.55. The number of carbonyl (C=O) groups is 2. The number of hydrogen-bond acceptors (Lipinski definition) is 6. The Bertz CT molecular complexity index is 1340. The highest BCUT2D eigenvalue weighted by atomic mass is 19.3. The summed E-state index contributed by atoms with van der Waals surface area (Å²) in [6.07, 6.45) is -2.64. The third-order valence-electron chi connectivity index (χ3n) is 5.39. The number of alkyl halides is 4. The summed E-state index contributed by atoms with van der Waals surface area (Å²) in [5.41, 5.74) is 14.0. The van der Waals surface area contributed by atoms with Gasteiger partial charge in [-0.3, -0.25) is 0 Å². The first-order valence-corrected chi connectivity index (χ1v) is 11.2. The van der Waals surface area contributed by atoms with E-state index in [1.54, 1.807) is 30.3 Å². The van der Waals surface area contributed by atoms with Gasteiger partial charge in [-0.2, -0.15) is 17.6 Å². The van der Waals surface area contributed by atoms with Gasteiger partial charge in [0.15, 0.2) is 0 Å². The number of anilines is 2. The number of benzene rings is 3. The van der Waals surface area contributed by atoms with Crippen molar-refractivity contribution in [2.75, 3.05) is 11.5 Å². The van der Waals surface area contributed by atoms with E-state index in [1.165, 1.54) is 18.2 Å². The van der Waals surface area contributed by atoms with Crippen LogP contribution >= 0.6 is 0 Å². The number of nitrogens with two attached hydrogens (primary N) is 2. The van der Waals surface area contributed by atoms with Crippen molar-refractivity contribution in [1.82, 2.24) is 0 Å². The van der Waals surface area contributed by atoms with Crippen LogP contribution in [-0.2, 0) is 11.2 Å². The van der Waals surface area contributed by atoms with E-state index in [2.05, 4.69) is 4.74 Å². The van der Waals surface area contributed by atoms with Gasteiger partial charge >= 0.3 is 24.0 Å². The van der Waals surface area contributed by atoms with E-state index < -0.39 is 29.7 Å². The molecule has 0 aliphatic heterocycles. The minimum absolute atomic E-state index is 0.0279. The van der Waals surface area contributed by atoms with Crippen LogP contribution < -0.4 is 20.9 Å². The van der Waals surface area contributed by atoms with Crippen LogP contribution in [0.2, 0.25) is 0 Å². The molecule has 0 radical (unpaired) electrons. The standard InChI is InChI=1S/C27H24F4N2O5/c1-26(28,29)27(30,31)38-22-12-7-18(8-13-22)25(36)37-21-10-2-16(3-11-21)14-19(24(34)35)5-4-17-6-9-20(32)15-23(17)33/h2-3,6-15H,4-5,32-33H2,1H3,(H,34,35). The smallest absolute Gasteiger partial charge is 0.463 e. The van der Waals surface area contributed by atoms with E-state index in [4.69, 9.17) is 16.2 Å². The lowest BCUT2D eigenvalue weighted by molar-refractivity contribution is -0.301. The van der Waals surface area contributed by atoms with Gasteiger partial charge in [-0.15, -0.1) is 0 Å². The molecule has 0 aliphatic carbocycles. The van der Waals surface area contributed by atoms with E-state index in [9.17, 15) is 32.3 Å². The summed E-state index contributed by atoms with van der Waals surface area (Å²) in [5.74, 6) is -6.75. The molecule has 0 unspecified atom stereocenters. The summed E-state index contributed by atoms with van der Waals surface area (Å²) in [6, 6.07) is 15.1. The Kier molecular flexibility index (Phi) is 8.29. The summed E-state index contributed by atoms with van der Waals surface area (Å²) in [4.78, 5) is 24.1. The first-order valence-electron chi connectivity index (χ1n) is 11.2. The topological polar surface area (TPSA) is 125 Å². The van der Waals surface area contributed by atoms with Crippen molar-refractivity contribution in [3.8, 4) is 11.5 Å². The van der Waals surface area contributed by atoms with E-state index in [0.29, 0.717) is 23.4 Å². The van der Waals surface area contributed by atoms with Crippen molar-refractivity contribution < 1.29 is 41.7 Å². The molecule has 0 saturated heterocycles. The monoisotopic (exact) mass is 532 g/mol. The van der Waals surface area contributed by atoms with Crippen LogP contribution in [0.25, 0.3) is 6.08 Å². The second-order valence-corrected chi connectivity index (χ2v) is 8.42. The zero-order chi connectivity index (χ0) is 28.1. The molecule has 0 saturated carbocycles. The van der Waals surface area contributed by atoms with Crippen molar-refractivity contribution in [1.29, 1.82) is 0 Å². The number of carboxylic acid groups (broad SMARTS) is 1. The fraction of sp³-hybridized carbons (Fsp3) is 0.185. The Hall–Kier alpha value is -4.54. The zero-order valence-corrected chi connectivity index (χ0v) is 20.1. The first kappa shape index (κ1) is 28.0. The van der Waals surface area contributed by atoms with Crippen molar-refractivity contribution in [3.05, 3.63) is 89.0 Å². The number of aliphatic carboxylic acids is 1. The van der Waals surface area contributed by atoms with E-state index in [1.807, 2.05) is 0 Å². The normalized spacial score (nSPS) is 12.2. The van der Waals surface area contributed by atoms with Gasteiger partial charge in [0.2, 0.25) is 0 Å². The average Bonchev–Trinajstić information content (AvgIpc) is 2.83. The summed E-state index contributed by atoms with van der Waals surface area (Å²) in [6.45, 7) is 0.0279. The third-order valence-corrected chi connectivity index (χ3v) is 5.39. The number of ether oxygens (including phenoxy) is 2. The van der Waals surface area contributed by atoms with Crippen LogP contribution in [0.5, 0.6) is 11.5 Å². The van der Waals surface area contributed by atoms with Gasteiger partial charge in [0, 0.05) is 23.9 Å². The van der Waals surface area contributed by atoms with Gasteiger partial charge < -0.3 is 26.0 Å². The molecule has 7 nitrogen and oxygen atoms in total. The van der Waals surface area contributed by atoms with E-state index in [-0.39, 0.29) is 30.2 Å². The molecule has 5 N–H and O–H groups in total. The van der Waals surface area contributed by atoms with Crippen LogP contribution in [-0.4, -0.2) is 29.1 Å². The van der Waals surface area contributed by atoms with Gasteiger partial charge in [-0.05, 0) is 78.6 Å².